The number of carbonyl (C=O) groups excluding carboxylic acids is 1. The van der Waals surface area contributed by atoms with Crippen molar-refractivity contribution in [3.8, 4) is 0 Å². The van der Waals surface area contributed by atoms with Gasteiger partial charge in [0.15, 0.2) is 0 Å². The van der Waals surface area contributed by atoms with Crippen LogP contribution in [0, 0.1) is 13.8 Å². The Bertz CT molecular complexity index is 610. The maximum absolute atomic E-state index is 11.4. The fourth-order valence-electron chi connectivity index (χ4n) is 1.58. The Hall–Kier alpha value is -1.82. The standard InChI is InChI=1S/C14H16N2O3S/c1-4-18-13(17)12-15-16-14(19-12)20-8-11-6-5-9(2)10(3)7-11/h5-7H,4,8H2,1-3H3. The molecule has 0 N–H and O–H groups in total. The first-order valence-corrected chi connectivity index (χ1v) is 7.28. The topological polar surface area (TPSA) is 65.2 Å². The molecule has 0 aliphatic heterocycles. The Kier molecular flexibility index (Phi) is 4.79. The molecule has 0 radical (unpaired) electrons. The van der Waals surface area contributed by atoms with Crippen molar-refractivity contribution in [2.24, 2.45) is 0 Å². The minimum absolute atomic E-state index is 0.102. The van der Waals surface area contributed by atoms with Crippen LogP contribution in [0.1, 0.15) is 34.3 Å². The number of nitrogens with zero attached hydrogens (tertiary/aromatic N) is 2. The second kappa shape index (κ2) is 6.56. The highest BCUT2D eigenvalue weighted by molar-refractivity contribution is 7.98. The summed E-state index contributed by atoms with van der Waals surface area (Å²) in [6.45, 7) is 6.17. The molecule has 0 fully saturated rings. The van der Waals surface area contributed by atoms with Crippen molar-refractivity contribution in [3.63, 3.8) is 0 Å². The van der Waals surface area contributed by atoms with Crippen LogP contribution in [0.3, 0.4) is 0 Å². The van der Waals surface area contributed by atoms with E-state index in [1.807, 2.05) is 0 Å². The predicted molar refractivity (Wildman–Crippen MR) is 75.7 cm³/mol. The lowest BCUT2D eigenvalue weighted by Crippen LogP contribution is -2.04. The van der Waals surface area contributed by atoms with Crippen LogP contribution in [0.4, 0.5) is 0 Å². The van der Waals surface area contributed by atoms with Gasteiger partial charge in [-0.05, 0) is 37.5 Å². The quantitative estimate of drug-likeness (QED) is 0.623. The number of ether oxygens (including phenoxy) is 1. The molecule has 0 saturated carbocycles. The van der Waals surface area contributed by atoms with Crippen LogP contribution in [-0.2, 0) is 10.5 Å². The number of carbonyl (C=O) groups is 1. The van der Waals surface area contributed by atoms with Crippen molar-refractivity contribution in [3.05, 3.63) is 40.8 Å². The summed E-state index contributed by atoms with van der Waals surface area (Å²) in [6, 6.07) is 6.28. The summed E-state index contributed by atoms with van der Waals surface area (Å²) < 4.78 is 10.0. The van der Waals surface area contributed by atoms with Gasteiger partial charge in [0.1, 0.15) is 0 Å². The van der Waals surface area contributed by atoms with Crippen molar-refractivity contribution in [2.75, 3.05) is 6.61 Å². The number of hydrogen-bond acceptors (Lipinski definition) is 6. The summed E-state index contributed by atoms with van der Waals surface area (Å²) in [6.07, 6.45) is 0. The number of rotatable bonds is 5. The summed E-state index contributed by atoms with van der Waals surface area (Å²) in [4.78, 5) is 11.4. The molecule has 5 nitrogen and oxygen atoms in total. The zero-order chi connectivity index (χ0) is 14.5. The second-order valence-electron chi connectivity index (χ2n) is 4.30. The highest BCUT2D eigenvalue weighted by atomic mass is 32.2. The van der Waals surface area contributed by atoms with Gasteiger partial charge < -0.3 is 9.15 Å². The van der Waals surface area contributed by atoms with E-state index in [-0.39, 0.29) is 12.5 Å². The largest absolute Gasteiger partial charge is 0.459 e. The molecule has 0 unspecified atom stereocenters. The molecule has 0 atom stereocenters. The molecule has 1 aromatic heterocycles. The van der Waals surface area contributed by atoms with Crippen molar-refractivity contribution >= 4 is 17.7 Å². The zero-order valence-corrected chi connectivity index (χ0v) is 12.5. The number of benzene rings is 1. The van der Waals surface area contributed by atoms with Crippen LogP contribution in [-0.4, -0.2) is 22.8 Å². The lowest BCUT2D eigenvalue weighted by molar-refractivity contribution is 0.0475. The van der Waals surface area contributed by atoms with Gasteiger partial charge in [-0.3, -0.25) is 0 Å². The predicted octanol–water partition coefficient (Wildman–Crippen LogP) is 3.16. The molecule has 6 heteroatoms. The van der Waals surface area contributed by atoms with Gasteiger partial charge in [0.25, 0.3) is 5.22 Å². The summed E-state index contributed by atoms with van der Waals surface area (Å²) in [5.41, 5.74) is 3.69. The van der Waals surface area contributed by atoms with Gasteiger partial charge in [-0.2, -0.15) is 0 Å². The van der Waals surface area contributed by atoms with Gasteiger partial charge in [-0.1, -0.05) is 35.1 Å². The van der Waals surface area contributed by atoms with E-state index in [2.05, 4.69) is 42.2 Å². The molecule has 1 heterocycles. The molecule has 2 rings (SSSR count). The molecule has 2 aromatic rings. The minimum Gasteiger partial charge on any atom is -0.459 e. The highest BCUT2D eigenvalue weighted by Gasteiger charge is 2.16. The van der Waals surface area contributed by atoms with E-state index >= 15 is 0 Å². The third-order valence-electron chi connectivity index (χ3n) is 2.79. The fraction of sp³-hybridized carbons (Fsp3) is 0.357. The van der Waals surface area contributed by atoms with Crippen molar-refractivity contribution in [1.29, 1.82) is 0 Å². The van der Waals surface area contributed by atoms with Crippen molar-refractivity contribution < 1.29 is 13.9 Å². The maximum atomic E-state index is 11.4. The normalized spacial score (nSPS) is 10.6. The summed E-state index contributed by atoms with van der Waals surface area (Å²) in [7, 11) is 0. The molecule has 0 amide bonds. The van der Waals surface area contributed by atoms with E-state index < -0.39 is 5.97 Å². The van der Waals surface area contributed by atoms with Gasteiger partial charge in [-0.25, -0.2) is 4.79 Å². The molecular formula is C14H16N2O3S. The van der Waals surface area contributed by atoms with Gasteiger partial charge in [-0.15, -0.1) is 5.10 Å². The molecule has 0 aliphatic carbocycles. The molecule has 0 bridgehead atoms. The lowest BCUT2D eigenvalue weighted by atomic mass is 10.1. The highest BCUT2D eigenvalue weighted by Crippen LogP contribution is 2.22. The van der Waals surface area contributed by atoms with Crippen molar-refractivity contribution in [2.45, 2.75) is 31.7 Å². The molecule has 0 spiro atoms. The Labute approximate surface area is 121 Å². The first-order valence-electron chi connectivity index (χ1n) is 6.29. The van der Waals surface area contributed by atoms with Gasteiger partial charge in [0, 0.05) is 5.75 Å². The van der Waals surface area contributed by atoms with Crippen LogP contribution >= 0.6 is 11.8 Å². The molecule has 0 aliphatic rings. The van der Waals surface area contributed by atoms with Crippen LogP contribution in [0.15, 0.2) is 27.8 Å². The molecule has 20 heavy (non-hydrogen) atoms. The molecule has 106 valence electrons. The van der Waals surface area contributed by atoms with E-state index in [1.54, 1.807) is 6.92 Å². The summed E-state index contributed by atoms with van der Waals surface area (Å²) in [5, 5.41) is 7.85. The number of hydrogen-bond donors (Lipinski definition) is 0. The van der Waals surface area contributed by atoms with Crippen LogP contribution in [0.5, 0.6) is 0 Å². The van der Waals surface area contributed by atoms with E-state index in [1.165, 1.54) is 28.5 Å². The van der Waals surface area contributed by atoms with E-state index in [0.29, 0.717) is 11.0 Å². The number of aryl methyl sites for hydroxylation is 2. The van der Waals surface area contributed by atoms with Crippen LogP contribution < -0.4 is 0 Å². The first kappa shape index (κ1) is 14.6. The smallest absolute Gasteiger partial charge is 0.396 e. The maximum Gasteiger partial charge on any atom is 0.396 e. The van der Waals surface area contributed by atoms with Gasteiger partial charge in [0.05, 0.1) is 6.61 Å². The Balaban J connectivity index is 1.97. The fourth-order valence-corrected chi connectivity index (χ4v) is 2.29. The summed E-state index contributed by atoms with van der Waals surface area (Å²) in [5.74, 6) is 0.0263. The van der Waals surface area contributed by atoms with E-state index in [9.17, 15) is 4.79 Å². The van der Waals surface area contributed by atoms with E-state index in [0.717, 1.165) is 0 Å². The minimum atomic E-state index is -0.585. The Morgan fingerprint density at radius 2 is 2.10 bits per heavy atom. The van der Waals surface area contributed by atoms with E-state index in [4.69, 9.17) is 9.15 Å². The van der Waals surface area contributed by atoms with Gasteiger partial charge in [0.2, 0.25) is 0 Å². The average molecular weight is 292 g/mol. The Morgan fingerprint density at radius 3 is 2.80 bits per heavy atom. The first-order chi connectivity index (χ1) is 9.60. The van der Waals surface area contributed by atoms with Crippen molar-refractivity contribution in [1.82, 2.24) is 10.2 Å². The SMILES string of the molecule is CCOC(=O)c1nnc(SCc2ccc(C)c(C)c2)o1. The molecule has 0 saturated heterocycles. The molecule has 1 aromatic carbocycles. The summed E-state index contributed by atoms with van der Waals surface area (Å²) >= 11 is 1.40. The third-order valence-corrected chi connectivity index (χ3v) is 3.68. The van der Waals surface area contributed by atoms with Crippen LogP contribution in [0.25, 0.3) is 0 Å². The second-order valence-corrected chi connectivity index (χ2v) is 5.23. The van der Waals surface area contributed by atoms with Crippen LogP contribution in [0.2, 0.25) is 0 Å². The zero-order valence-electron chi connectivity index (χ0n) is 11.7. The number of aromatic nitrogens is 2. The van der Waals surface area contributed by atoms with Gasteiger partial charge >= 0.3 is 11.9 Å². The third kappa shape index (κ3) is 3.60. The monoisotopic (exact) mass is 292 g/mol. The average Bonchev–Trinajstić information content (AvgIpc) is 2.89. The lowest BCUT2D eigenvalue weighted by Gasteiger charge is -2.03. The molecular weight excluding hydrogens is 276 g/mol. The number of thioether (sulfide) groups is 1. The number of esters is 1. The Morgan fingerprint density at radius 1 is 1.30 bits per heavy atom.